The molecule has 0 bridgehead atoms. The van der Waals surface area contributed by atoms with Gasteiger partial charge in [0.05, 0.1) is 15.7 Å². The maximum atomic E-state index is 12.8. The van der Waals surface area contributed by atoms with E-state index in [1.807, 2.05) is 19.9 Å². The van der Waals surface area contributed by atoms with Crippen LogP contribution in [-0.2, 0) is 10.0 Å². The summed E-state index contributed by atoms with van der Waals surface area (Å²) in [5, 5.41) is 3.25. The van der Waals surface area contributed by atoms with Crippen molar-refractivity contribution in [3.63, 3.8) is 0 Å². The minimum atomic E-state index is -3.79. The molecule has 0 unspecified atom stereocenters. The summed E-state index contributed by atoms with van der Waals surface area (Å²) in [7, 11) is -3.79. The second-order valence-electron chi connectivity index (χ2n) is 6.13. The molecule has 1 N–H and O–H groups in total. The van der Waals surface area contributed by atoms with Crippen molar-refractivity contribution in [2.24, 2.45) is 0 Å². The van der Waals surface area contributed by atoms with E-state index >= 15 is 0 Å². The number of benzene rings is 2. The fourth-order valence-corrected chi connectivity index (χ4v) is 5.13. The van der Waals surface area contributed by atoms with Crippen molar-refractivity contribution in [3.8, 4) is 0 Å². The Labute approximate surface area is 170 Å². The maximum Gasteiger partial charge on any atom is 0.255 e. The van der Waals surface area contributed by atoms with Gasteiger partial charge < -0.3 is 5.32 Å². The normalized spacial score (nSPS) is 11.7. The number of halogens is 2. The first-order chi connectivity index (χ1) is 12.6. The third kappa shape index (κ3) is 4.63. The summed E-state index contributed by atoms with van der Waals surface area (Å²) in [6.45, 7) is 7.86. The summed E-state index contributed by atoms with van der Waals surface area (Å²) in [6, 6.07) is 7.84. The summed E-state index contributed by atoms with van der Waals surface area (Å²) in [5.41, 5.74) is 2.48. The molecule has 0 heterocycles. The SMILES string of the molecule is CCN(CC)S(=O)(=O)c1cc(C(=O)Nc2c(C)cc(C)cc2Cl)ccc1Cl. The maximum absolute atomic E-state index is 12.8. The average Bonchev–Trinajstić information content (AvgIpc) is 2.58. The number of nitrogens with one attached hydrogen (secondary N) is 1. The fraction of sp³-hybridized carbons (Fsp3) is 0.316. The first-order valence-electron chi connectivity index (χ1n) is 8.49. The van der Waals surface area contributed by atoms with Gasteiger partial charge in [0.15, 0.2) is 0 Å². The highest BCUT2D eigenvalue weighted by molar-refractivity contribution is 7.89. The highest BCUT2D eigenvalue weighted by atomic mass is 35.5. The van der Waals surface area contributed by atoms with Crippen LogP contribution in [0.1, 0.15) is 35.3 Å². The van der Waals surface area contributed by atoms with Crippen molar-refractivity contribution in [1.29, 1.82) is 0 Å². The number of carbonyl (C=O) groups excluding carboxylic acids is 1. The summed E-state index contributed by atoms with van der Waals surface area (Å²) in [6.07, 6.45) is 0. The van der Waals surface area contributed by atoms with Crippen LogP contribution in [-0.4, -0.2) is 31.7 Å². The lowest BCUT2D eigenvalue weighted by Gasteiger charge is -2.19. The van der Waals surface area contributed by atoms with Crippen molar-refractivity contribution in [3.05, 3.63) is 57.1 Å². The van der Waals surface area contributed by atoms with E-state index in [9.17, 15) is 13.2 Å². The molecule has 146 valence electrons. The van der Waals surface area contributed by atoms with Gasteiger partial charge in [-0.25, -0.2) is 8.42 Å². The van der Waals surface area contributed by atoms with Crippen LogP contribution in [0.5, 0.6) is 0 Å². The van der Waals surface area contributed by atoms with Crippen LogP contribution < -0.4 is 5.32 Å². The number of nitrogens with zero attached hydrogens (tertiary/aromatic N) is 1. The first-order valence-corrected chi connectivity index (χ1v) is 10.7. The predicted octanol–water partition coefficient (Wildman–Crippen LogP) is 4.89. The van der Waals surface area contributed by atoms with Crippen LogP contribution >= 0.6 is 23.2 Å². The number of hydrogen-bond acceptors (Lipinski definition) is 3. The summed E-state index contributed by atoms with van der Waals surface area (Å²) >= 11 is 12.3. The smallest absolute Gasteiger partial charge is 0.255 e. The van der Waals surface area contributed by atoms with Gasteiger partial charge in [-0.2, -0.15) is 4.31 Å². The molecule has 0 aromatic heterocycles. The van der Waals surface area contributed by atoms with Crippen LogP contribution in [0.4, 0.5) is 5.69 Å². The first kappa shape index (κ1) is 21.7. The van der Waals surface area contributed by atoms with Gasteiger partial charge in [0, 0.05) is 18.7 Å². The molecule has 0 spiro atoms. The van der Waals surface area contributed by atoms with Gasteiger partial charge in [0.25, 0.3) is 5.91 Å². The Kier molecular flexibility index (Phi) is 6.92. The quantitative estimate of drug-likeness (QED) is 0.711. The Morgan fingerprint density at radius 2 is 1.67 bits per heavy atom. The van der Waals surface area contributed by atoms with Crippen molar-refractivity contribution in [2.75, 3.05) is 18.4 Å². The van der Waals surface area contributed by atoms with Gasteiger partial charge in [-0.15, -0.1) is 0 Å². The molecule has 0 aliphatic carbocycles. The summed E-state index contributed by atoms with van der Waals surface area (Å²) in [5.74, 6) is -0.462. The number of anilines is 1. The summed E-state index contributed by atoms with van der Waals surface area (Å²) in [4.78, 5) is 12.6. The van der Waals surface area contributed by atoms with Crippen LogP contribution in [0.2, 0.25) is 10.0 Å². The Morgan fingerprint density at radius 1 is 1.04 bits per heavy atom. The molecule has 8 heteroatoms. The molecule has 0 saturated heterocycles. The standard InChI is InChI=1S/C19H22Cl2N2O3S/c1-5-23(6-2)27(25,26)17-11-14(7-8-15(17)20)19(24)22-18-13(4)9-12(3)10-16(18)21/h7-11H,5-6H2,1-4H3,(H,22,24). The molecule has 0 saturated carbocycles. The molecule has 27 heavy (non-hydrogen) atoms. The van der Waals surface area contributed by atoms with E-state index < -0.39 is 15.9 Å². The molecule has 0 atom stereocenters. The third-order valence-electron chi connectivity index (χ3n) is 4.19. The van der Waals surface area contributed by atoms with Gasteiger partial charge in [-0.3, -0.25) is 4.79 Å². The molecule has 2 aromatic rings. The zero-order valence-electron chi connectivity index (χ0n) is 15.6. The van der Waals surface area contributed by atoms with E-state index in [-0.39, 0.29) is 15.5 Å². The second kappa shape index (κ2) is 8.61. The number of rotatable bonds is 6. The average molecular weight is 429 g/mol. The predicted molar refractivity (Wildman–Crippen MR) is 110 cm³/mol. The molecular weight excluding hydrogens is 407 g/mol. The summed E-state index contributed by atoms with van der Waals surface area (Å²) < 4.78 is 26.9. The zero-order chi connectivity index (χ0) is 20.4. The molecule has 0 fully saturated rings. The monoisotopic (exact) mass is 428 g/mol. The van der Waals surface area contributed by atoms with Crippen molar-refractivity contribution >= 4 is 44.8 Å². The number of amides is 1. The number of carbonyl (C=O) groups is 1. The highest BCUT2D eigenvalue weighted by Gasteiger charge is 2.25. The Balaban J connectivity index is 2.42. The van der Waals surface area contributed by atoms with E-state index in [1.165, 1.54) is 22.5 Å². The highest BCUT2D eigenvalue weighted by Crippen LogP contribution is 2.29. The van der Waals surface area contributed by atoms with E-state index in [4.69, 9.17) is 23.2 Å². The van der Waals surface area contributed by atoms with Gasteiger partial charge in [0.2, 0.25) is 10.0 Å². The molecular formula is C19H22Cl2N2O3S. The van der Waals surface area contributed by atoms with Crippen LogP contribution in [0.25, 0.3) is 0 Å². The lowest BCUT2D eigenvalue weighted by molar-refractivity contribution is 0.102. The fourth-order valence-electron chi connectivity index (χ4n) is 2.80. The number of hydrogen-bond donors (Lipinski definition) is 1. The van der Waals surface area contributed by atoms with Crippen molar-refractivity contribution in [1.82, 2.24) is 4.31 Å². The van der Waals surface area contributed by atoms with Crippen LogP contribution in [0.15, 0.2) is 35.2 Å². The minimum absolute atomic E-state index is 0.0722. The molecule has 2 rings (SSSR count). The van der Waals surface area contributed by atoms with Gasteiger partial charge in [-0.1, -0.05) is 43.1 Å². The molecule has 5 nitrogen and oxygen atoms in total. The minimum Gasteiger partial charge on any atom is -0.320 e. The number of sulfonamides is 1. The van der Waals surface area contributed by atoms with Crippen molar-refractivity contribution < 1.29 is 13.2 Å². The Morgan fingerprint density at radius 3 is 2.22 bits per heavy atom. The van der Waals surface area contributed by atoms with Crippen molar-refractivity contribution in [2.45, 2.75) is 32.6 Å². The van der Waals surface area contributed by atoms with E-state index in [0.29, 0.717) is 23.8 Å². The van der Waals surface area contributed by atoms with E-state index in [0.717, 1.165) is 11.1 Å². The van der Waals surface area contributed by atoms with Gasteiger partial charge in [0.1, 0.15) is 4.90 Å². The van der Waals surface area contributed by atoms with E-state index in [1.54, 1.807) is 19.9 Å². The molecule has 0 aliphatic rings. The topological polar surface area (TPSA) is 66.5 Å². The van der Waals surface area contributed by atoms with Crippen LogP contribution in [0, 0.1) is 13.8 Å². The third-order valence-corrected chi connectivity index (χ3v) is 7.02. The van der Waals surface area contributed by atoms with Crippen LogP contribution in [0.3, 0.4) is 0 Å². The molecule has 2 aromatic carbocycles. The Bertz CT molecular complexity index is 948. The molecule has 0 radical (unpaired) electrons. The van der Waals surface area contributed by atoms with E-state index in [2.05, 4.69) is 5.32 Å². The number of aryl methyl sites for hydroxylation is 2. The largest absolute Gasteiger partial charge is 0.320 e. The lowest BCUT2D eigenvalue weighted by atomic mass is 10.1. The molecule has 1 amide bonds. The molecule has 0 aliphatic heterocycles. The second-order valence-corrected chi connectivity index (χ2v) is 8.85. The zero-order valence-corrected chi connectivity index (χ0v) is 18.0. The van der Waals surface area contributed by atoms with Gasteiger partial charge in [-0.05, 0) is 49.2 Å². The lowest BCUT2D eigenvalue weighted by Crippen LogP contribution is -2.31. The van der Waals surface area contributed by atoms with Gasteiger partial charge >= 0.3 is 0 Å². The Hall–Kier alpha value is -1.60.